The molecule has 162 valence electrons. The summed E-state index contributed by atoms with van der Waals surface area (Å²) >= 11 is 0. The highest BCUT2D eigenvalue weighted by atomic mass is 19.1. The number of pyridine rings is 1. The highest BCUT2D eigenvalue weighted by Crippen LogP contribution is 2.24. The van der Waals surface area contributed by atoms with E-state index in [1.54, 1.807) is 42.5 Å². The summed E-state index contributed by atoms with van der Waals surface area (Å²) in [4.78, 5) is 40.8. The van der Waals surface area contributed by atoms with E-state index in [1.807, 2.05) is 0 Å². The third-order valence-electron chi connectivity index (χ3n) is 4.76. The molecule has 0 saturated carbocycles. The molecule has 4 rings (SSSR count). The Morgan fingerprint density at radius 3 is 2.62 bits per heavy atom. The molecular formula is C23H19FN4O4. The standard InChI is InChI=1S/C23H19FN4O4/c24-15-10-11-16(27-22(30)17-6-3-4-12-25-17)18(14-15)26-21(29)9-5-13-28-19-7-1-2-8-20(19)32-23(28)31/h1-4,6-8,10-12,14H,5,9,13H2,(H,26,29)(H,27,30). The van der Waals surface area contributed by atoms with Crippen LogP contribution in [0.4, 0.5) is 15.8 Å². The molecule has 0 aliphatic carbocycles. The minimum atomic E-state index is -0.562. The molecule has 2 amide bonds. The van der Waals surface area contributed by atoms with Gasteiger partial charge in [0, 0.05) is 19.2 Å². The number of oxazole rings is 1. The second kappa shape index (κ2) is 9.25. The Balaban J connectivity index is 1.40. The second-order valence-corrected chi connectivity index (χ2v) is 7.00. The Labute approximate surface area is 181 Å². The van der Waals surface area contributed by atoms with Crippen LogP contribution < -0.4 is 16.4 Å². The molecule has 32 heavy (non-hydrogen) atoms. The first-order valence-electron chi connectivity index (χ1n) is 9.91. The van der Waals surface area contributed by atoms with E-state index in [4.69, 9.17) is 4.42 Å². The van der Waals surface area contributed by atoms with Crippen molar-refractivity contribution in [2.45, 2.75) is 19.4 Å². The van der Waals surface area contributed by atoms with Crippen LogP contribution in [0.2, 0.25) is 0 Å². The van der Waals surface area contributed by atoms with Crippen LogP contribution in [-0.2, 0) is 11.3 Å². The molecule has 8 nitrogen and oxygen atoms in total. The minimum absolute atomic E-state index is 0.0795. The summed E-state index contributed by atoms with van der Waals surface area (Å²) < 4.78 is 20.4. The number of nitrogens with one attached hydrogen (secondary N) is 2. The molecule has 2 N–H and O–H groups in total. The van der Waals surface area contributed by atoms with Crippen LogP contribution in [0.3, 0.4) is 0 Å². The van der Waals surface area contributed by atoms with Crippen LogP contribution >= 0.6 is 0 Å². The molecule has 0 atom stereocenters. The van der Waals surface area contributed by atoms with Crippen molar-refractivity contribution in [3.63, 3.8) is 0 Å². The first-order valence-corrected chi connectivity index (χ1v) is 9.91. The zero-order valence-corrected chi connectivity index (χ0v) is 16.9. The zero-order chi connectivity index (χ0) is 22.5. The predicted molar refractivity (Wildman–Crippen MR) is 117 cm³/mol. The number of nitrogens with zero attached hydrogens (tertiary/aromatic N) is 2. The SMILES string of the molecule is O=C(CCCn1c(=O)oc2ccccc21)Nc1cc(F)ccc1NC(=O)c1ccccn1. The van der Waals surface area contributed by atoms with E-state index in [9.17, 15) is 18.8 Å². The quantitative estimate of drug-likeness (QED) is 0.460. The normalized spacial score (nSPS) is 10.8. The van der Waals surface area contributed by atoms with Crippen LogP contribution in [0.5, 0.6) is 0 Å². The molecule has 0 fully saturated rings. The third-order valence-corrected chi connectivity index (χ3v) is 4.76. The van der Waals surface area contributed by atoms with Crippen LogP contribution in [0.1, 0.15) is 23.3 Å². The number of hydrogen-bond acceptors (Lipinski definition) is 5. The van der Waals surface area contributed by atoms with E-state index in [1.165, 1.54) is 22.9 Å². The first-order chi connectivity index (χ1) is 15.5. The lowest BCUT2D eigenvalue weighted by Crippen LogP contribution is -2.19. The molecule has 2 heterocycles. The van der Waals surface area contributed by atoms with Gasteiger partial charge >= 0.3 is 5.76 Å². The van der Waals surface area contributed by atoms with Crippen molar-refractivity contribution in [2.75, 3.05) is 10.6 Å². The van der Waals surface area contributed by atoms with Gasteiger partial charge in [-0.3, -0.25) is 19.1 Å². The second-order valence-electron chi connectivity index (χ2n) is 7.00. The highest BCUT2D eigenvalue weighted by molar-refractivity contribution is 6.06. The Morgan fingerprint density at radius 1 is 1.00 bits per heavy atom. The fourth-order valence-corrected chi connectivity index (χ4v) is 3.25. The van der Waals surface area contributed by atoms with Gasteiger partial charge in [0.2, 0.25) is 5.91 Å². The summed E-state index contributed by atoms with van der Waals surface area (Å²) in [6.45, 7) is 0.287. The smallest absolute Gasteiger partial charge is 0.408 e. The Kier molecular flexibility index (Phi) is 6.07. The lowest BCUT2D eigenvalue weighted by Gasteiger charge is -2.12. The maximum Gasteiger partial charge on any atom is 0.419 e. The number of aryl methyl sites for hydroxylation is 1. The fourth-order valence-electron chi connectivity index (χ4n) is 3.25. The van der Waals surface area contributed by atoms with Crippen molar-refractivity contribution in [3.8, 4) is 0 Å². The summed E-state index contributed by atoms with van der Waals surface area (Å²) in [5.74, 6) is -1.92. The number of halogens is 1. The predicted octanol–water partition coefficient (Wildman–Crippen LogP) is 3.80. The van der Waals surface area contributed by atoms with E-state index in [0.717, 1.165) is 6.07 Å². The number of para-hydroxylation sites is 2. The summed E-state index contributed by atoms with van der Waals surface area (Å²) in [5, 5.41) is 5.24. The van der Waals surface area contributed by atoms with Gasteiger partial charge < -0.3 is 15.1 Å². The van der Waals surface area contributed by atoms with E-state index >= 15 is 0 Å². The third kappa shape index (κ3) is 4.72. The molecule has 0 saturated heterocycles. The molecule has 0 aliphatic rings. The van der Waals surface area contributed by atoms with E-state index in [2.05, 4.69) is 15.6 Å². The number of amides is 2. The summed E-state index contributed by atoms with van der Waals surface area (Å²) in [5.41, 5.74) is 1.70. The van der Waals surface area contributed by atoms with E-state index < -0.39 is 17.5 Å². The zero-order valence-electron chi connectivity index (χ0n) is 16.9. The van der Waals surface area contributed by atoms with E-state index in [-0.39, 0.29) is 35.9 Å². The van der Waals surface area contributed by atoms with Crippen LogP contribution in [0.15, 0.2) is 76.1 Å². The van der Waals surface area contributed by atoms with Gasteiger partial charge in [0.05, 0.1) is 16.9 Å². The van der Waals surface area contributed by atoms with E-state index in [0.29, 0.717) is 17.5 Å². The molecule has 0 unspecified atom stereocenters. The lowest BCUT2D eigenvalue weighted by molar-refractivity contribution is -0.116. The number of carbonyl (C=O) groups excluding carboxylic acids is 2. The van der Waals surface area contributed by atoms with Crippen molar-refractivity contribution in [1.29, 1.82) is 0 Å². The Hall–Kier alpha value is -4.27. The molecule has 0 aliphatic heterocycles. The van der Waals surface area contributed by atoms with Crippen molar-refractivity contribution in [2.24, 2.45) is 0 Å². The van der Waals surface area contributed by atoms with Crippen molar-refractivity contribution < 1.29 is 18.4 Å². The molecule has 9 heteroatoms. The lowest BCUT2D eigenvalue weighted by atomic mass is 10.2. The van der Waals surface area contributed by atoms with Gasteiger partial charge in [0.15, 0.2) is 5.58 Å². The summed E-state index contributed by atoms with van der Waals surface area (Å²) in [6, 6.07) is 15.6. The first kappa shape index (κ1) is 21.0. The number of fused-ring (bicyclic) bond motifs is 1. The number of hydrogen-bond donors (Lipinski definition) is 2. The highest BCUT2D eigenvalue weighted by Gasteiger charge is 2.14. The molecule has 4 aromatic rings. The molecular weight excluding hydrogens is 415 g/mol. The number of benzene rings is 2. The fraction of sp³-hybridized carbons (Fsp3) is 0.130. The van der Waals surface area contributed by atoms with Crippen molar-refractivity contribution >= 4 is 34.3 Å². The van der Waals surface area contributed by atoms with Crippen LogP contribution in [0, 0.1) is 5.82 Å². The van der Waals surface area contributed by atoms with Gasteiger partial charge in [-0.2, -0.15) is 0 Å². The average molecular weight is 434 g/mol. The molecule has 2 aromatic heterocycles. The number of carbonyl (C=O) groups is 2. The number of rotatable bonds is 7. The minimum Gasteiger partial charge on any atom is -0.408 e. The van der Waals surface area contributed by atoms with Gasteiger partial charge in [-0.05, 0) is 48.9 Å². The van der Waals surface area contributed by atoms with Gasteiger partial charge in [0.1, 0.15) is 11.5 Å². The van der Waals surface area contributed by atoms with Gasteiger partial charge in [-0.1, -0.05) is 18.2 Å². The van der Waals surface area contributed by atoms with Crippen LogP contribution in [0.25, 0.3) is 11.1 Å². The van der Waals surface area contributed by atoms with Crippen molar-refractivity contribution in [1.82, 2.24) is 9.55 Å². The Morgan fingerprint density at radius 2 is 1.81 bits per heavy atom. The Bertz CT molecular complexity index is 1330. The molecule has 0 spiro atoms. The molecule has 0 bridgehead atoms. The number of aromatic nitrogens is 2. The maximum absolute atomic E-state index is 13.8. The van der Waals surface area contributed by atoms with Gasteiger partial charge in [0.25, 0.3) is 5.91 Å². The monoisotopic (exact) mass is 434 g/mol. The van der Waals surface area contributed by atoms with Crippen LogP contribution in [-0.4, -0.2) is 21.4 Å². The maximum atomic E-state index is 13.8. The summed E-state index contributed by atoms with van der Waals surface area (Å²) in [7, 11) is 0. The summed E-state index contributed by atoms with van der Waals surface area (Å²) in [6.07, 6.45) is 1.92. The van der Waals surface area contributed by atoms with Crippen molar-refractivity contribution in [3.05, 3.63) is 88.9 Å². The largest absolute Gasteiger partial charge is 0.419 e. The van der Waals surface area contributed by atoms with Gasteiger partial charge in [-0.15, -0.1) is 0 Å². The van der Waals surface area contributed by atoms with Gasteiger partial charge in [-0.25, -0.2) is 9.18 Å². The topological polar surface area (TPSA) is 106 Å². The molecule has 2 aromatic carbocycles. The molecule has 0 radical (unpaired) electrons. The average Bonchev–Trinajstić information content (AvgIpc) is 3.11. The number of anilines is 2.